The standard InChI is InChI=1S/C29H30N6O3S/c30-39(38,34-29(37)33-26-23-7-3-5-20(23)17-21-6-4-8-24(21)26)22-12-10-19(11-13-22)14-15-31-28(36)27-25-9-1-2-16-35(25)18-32-27/h1-2,9-13,16-18H,3-8,14-15H2,(H,31,36)(H3,30,33,34,37,38). The maximum Gasteiger partial charge on any atom is 0.354 e. The highest BCUT2D eigenvalue weighted by molar-refractivity contribution is 7.91. The molecule has 1 atom stereocenters. The van der Waals surface area contributed by atoms with Crippen LogP contribution in [0, 0.1) is 0 Å². The summed E-state index contributed by atoms with van der Waals surface area (Å²) in [5.41, 5.74) is 7.84. The maximum absolute atomic E-state index is 13.2. The molecule has 0 radical (unpaired) electrons. The number of benzene rings is 2. The van der Waals surface area contributed by atoms with Crippen LogP contribution in [-0.4, -0.2) is 32.1 Å². The molecule has 0 fully saturated rings. The molecule has 0 bridgehead atoms. The highest BCUT2D eigenvalue weighted by Crippen LogP contribution is 2.38. The second-order valence-electron chi connectivity index (χ2n) is 10.1. The third kappa shape index (κ3) is 5.05. The van der Waals surface area contributed by atoms with E-state index in [0.717, 1.165) is 55.3 Å². The zero-order valence-electron chi connectivity index (χ0n) is 21.5. The van der Waals surface area contributed by atoms with Gasteiger partial charge >= 0.3 is 6.03 Å². The molecule has 0 spiro atoms. The minimum atomic E-state index is -3.43. The summed E-state index contributed by atoms with van der Waals surface area (Å²) in [7, 11) is -3.43. The number of nitrogens with two attached hydrogens (primary N) is 1. The monoisotopic (exact) mass is 542 g/mol. The van der Waals surface area contributed by atoms with E-state index in [1.54, 1.807) is 35.0 Å². The fourth-order valence-corrected chi connectivity index (χ4v) is 6.57. The molecule has 4 aromatic rings. The van der Waals surface area contributed by atoms with Crippen molar-refractivity contribution in [3.8, 4) is 0 Å². The first kappa shape index (κ1) is 25.3. The quantitative estimate of drug-likeness (QED) is 0.337. The number of aryl methyl sites for hydroxylation is 2. The summed E-state index contributed by atoms with van der Waals surface area (Å²) >= 11 is 0. The van der Waals surface area contributed by atoms with Crippen molar-refractivity contribution in [2.45, 2.75) is 49.8 Å². The second-order valence-corrected chi connectivity index (χ2v) is 11.9. The molecule has 0 saturated carbocycles. The number of rotatable bonds is 6. The van der Waals surface area contributed by atoms with E-state index >= 15 is 0 Å². The Balaban J connectivity index is 1.10. The molecular formula is C29H30N6O3S. The van der Waals surface area contributed by atoms with Crippen LogP contribution in [0.1, 0.15) is 51.1 Å². The van der Waals surface area contributed by atoms with Gasteiger partial charge in [-0.05, 0) is 97.0 Å². The molecule has 0 saturated heterocycles. The lowest BCUT2D eigenvalue weighted by molar-refractivity contribution is 0.0951. The molecule has 3 amide bonds. The molecule has 2 aliphatic carbocycles. The fourth-order valence-electron chi connectivity index (χ4n) is 5.65. The van der Waals surface area contributed by atoms with Crippen molar-refractivity contribution in [2.75, 3.05) is 11.9 Å². The molecule has 9 nitrogen and oxygen atoms in total. The summed E-state index contributed by atoms with van der Waals surface area (Å²) in [6, 6.07) is 14.0. The Kier molecular flexibility index (Phi) is 6.66. The van der Waals surface area contributed by atoms with Gasteiger partial charge in [0.25, 0.3) is 5.91 Å². The molecule has 2 heterocycles. The number of nitrogens with one attached hydrogen (secondary N) is 2. The lowest BCUT2D eigenvalue weighted by Crippen LogP contribution is -2.26. The van der Waals surface area contributed by atoms with Crippen LogP contribution in [0.3, 0.4) is 0 Å². The Morgan fingerprint density at radius 2 is 1.72 bits per heavy atom. The number of urea groups is 1. The van der Waals surface area contributed by atoms with E-state index in [1.807, 2.05) is 24.4 Å². The number of carbonyl (C=O) groups excluding carboxylic acids is 2. The number of fused-ring (bicyclic) bond motifs is 3. The molecule has 2 aromatic carbocycles. The van der Waals surface area contributed by atoms with Crippen LogP contribution in [0.25, 0.3) is 5.52 Å². The topological polar surface area (TPSA) is 131 Å². The van der Waals surface area contributed by atoms with Crippen molar-refractivity contribution >= 4 is 33.1 Å². The number of aromatic nitrogens is 2. The van der Waals surface area contributed by atoms with Crippen molar-refractivity contribution in [3.63, 3.8) is 0 Å². The lowest BCUT2D eigenvalue weighted by atomic mass is 9.99. The maximum atomic E-state index is 13.2. The summed E-state index contributed by atoms with van der Waals surface area (Å²) in [4.78, 5) is 29.9. The number of amides is 3. The zero-order chi connectivity index (χ0) is 27.0. The lowest BCUT2D eigenvalue weighted by Gasteiger charge is -2.15. The molecule has 39 heavy (non-hydrogen) atoms. The molecule has 2 aromatic heterocycles. The number of carbonyl (C=O) groups is 2. The highest BCUT2D eigenvalue weighted by Gasteiger charge is 2.25. The Bertz CT molecular complexity index is 1680. The average molecular weight is 543 g/mol. The van der Waals surface area contributed by atoms with Gasteiger partial charge in [0.05, 0.1) is 10.4 Å². The largest absolute Gasteiger partial charge is 0.354 e. The zero-order valence-corrected chi connectivity index (χ0v) is 22.3. The normalized spacial score (nSPS) is 15.4. The third-order valence-electron chi connectivity index (χ3n) is 7.54. The molecule has 200 valence electrons. The van der Waals surface area contributed by atoms with Crippen molar-refractivity contribution in [1.29, 1.82) is 0 Å². The van der Waals surface area contributed by atoms with Crippen LogP contribution >= 0.6 is 0 Å². The number of anilines is 1. The number of hydrogen-bond donors (Lipinski definition) is 3. The Morgan fingerprint density at radius 3 is 2.44 bits per heavy atom. The summed E-state index contributed by atoms with van der Waals surface area (Å²) in [5, 5.41) is 11.9. The summed E-state index contributed by atoms with van der Waals surface area (Å²) < 4.78 is 18.9. The van der Waals surface area contributed by atoms with Gasteiger partial charge in [0.1, 0.15) is 16.2 Å². The van der Waals surface area contributed by atoms with E-state index < -0.39 is 15.9 Å². The molecule has 0 aliphatic heterocycles. The van der Waals surface area contributed by atoms with Crippen LogP contribution in [0.5, 0.6) is 0 Å². The van der Waals surface area contributed by atoms with Gasteiger partial charge in [-0.3, -0.25) is 4.79 Å². The summed E-state index contributed by atoms with van der Waals surface area (Å²) in [5.74, 6) is -0.246. The third-order valence-corrected chi connectivity index (χ3v) is 8.93. The molecular weight excluding hydrogens is 512 g/mol. The van der Waals surface area contributed by atoms with Crippen LogP contribution in [0.4, 0.5) is 10.5 Å². The fraction of sp³-hybridized carbons (Fsp3) is 0.276. The predicted octanol–water partition coefficient (Wildman–Crippen LogP) is 4.22. The van der Waals surface area contributed by atoms with Gasteiger partial charge in [0.15, 0.2) is 5.69 Å². The Hall–Kier alpha value is -4.02. The van der Waals surface area contributed by atoms with E-state index in [1.165, 1.54) is 22.3 Å². The van der Waals surface area contributed by atoms with E-state index in [4.69, 9.17) is 5.14 Å². The highest BCUT2D eigenvalue weighted by atomic mass is 32.2. The first-order valence-electron chi connectivity index (χ1n) is 13.2. The molecule has 6 rings (SSSR count). The van der Waals surface area contributed by atoms with Crippen LogP contribution in [0.2, 0.25) is 0 Å². The molecule has 4 N–H and O–H groups in total. The number of hydrogen-bond acceptors (Lipinski definition) is 4. The van der Waals surface area contributed by atoms with Gasteiger partial charge in [-0.25, -0.2) is 19.1 Å². The van der Waals surface area contributed by atoms with Gasteiger partial charge < -0.3 is 15.0 Å². The van der Waals surface area contributed by atoms with Crippen molar-refractivity contribution < 1.29 is 13.8 Å². The Labute approximate surface area is 227 Å². The first-order chi connectivity index (χ1) is 18.9. The molecule has 2 aliphatic rings. The predicted molar refractivity (Wildman–Crippen MR) is 150 cm³/mol. The van der Waals surface area contributed by atoms with Crippen LogP contribution in [0.15, 0.2) is 70.3 Å². The van der Waals surface area contributed by atoms with Gasteiger partial charge in [-0.1, -0.05) is 24.3 Å². The molecule has 10 heteroatoms. The van der Waals surface area contributed by atoms with Gasteiger partial charge in [0, 0.05) is 18.4 Å². The molecule has 1 unspecified atom stereocenters. The average Bonchev–Trinajstić information content (AvgIpc) is 3.68. The van der Waals surface area contributed by atoms with Crippen molar-refractivity contribution in [2.24, 2.45) is 9.50 Å². The number of pyridine rings is 1. The van der Waals surface area contributed by atoms with Gasteiger partial charge in [0.2, 0.25) is 0 Å². The number of imidazole rings is 1. The van der Waals surface area contributed by atoms with E-state index in [-0.39, 0.29) is 10.8 Å². The smallest absolute Gasteiger partial charge is 0.350 e. The summed E-state index contributed by atoms with van der Waals surface area (Å²) in [6.07, 6.45) is 10.0. The van der Waals surface area contributed by atoms with E-state index in [0.29, 0.717) is 18.7 Å². The SMILES string of the molecule is NS(=O)(=NC(=O)Nc1c2c(cc3c1CCC3)CCC2)c1ccc(CCNC(=O)c2ncn3ccccc23)cc1. The van der Waals surface area contributed by atoms with Crippen LogP contribution < -0.4 is 15.8 Å². The van der Waals surface area contributed by atoms with Crippen molar-refractivity contribution in [1.82, 2.24) is 14.7 Å². The van der Waals surface area contributed by atoms with Crippen molar-refractivity contribution in [3.05, 3.63) is 94.6 Å². The minimum absolute atomic E-state index is 0.246. The van der Waals surface area contributed by atoms with Crippen LogP contribution in [-0.2, 0) is 42.0 Å². The minimum Gasteiger partial charge on any atom is -0.350 e. The van der Waals surface area contributed by atoms with E-state index in [2.05, 4.69) is 26.0 Å². The first-order valence-corrected chi connectivity index (χ1v) is 14.8. The summed E-state index contributed by atoms with van der Waals surface area (Å²) in [6.45, 7) is 0.403. The van der Waals surface area contributed by atoms with Gasteiger partial charge in [-0.2, -0.15) is 0 Å². The number of nitrogens with zero attached hydrogens (tertiary/aromatic N) is 3. The van der Waals surface area contributed by atoms with E-state index in [9.17, 15) is 13.8 Å². The van der Waals surface area contributed by atoms with Gasteiger partial charge in [-0.15, -0.1) is 4.36 Å². The Morgan fingerprint density at radius 1 is 1.00 bits per heavy atom. The second kappa shape index (κ2) is 10.3.